The predicted molar refractivity (Wildman–Crippen MR) is 106 cm³/mol. The zero-order valence-corrected chi connectivity index (χ0v) is 17.9. The second-order valence-electron chi connectivity index (χ2n) is 8.47. The Bertz CT molecular complexity index is 1060. The van der Waals surface area contributed by atoms with Gasteiger partial charge in [0.25, 0.3) is 0 Å². The molecule has 1 heterocycles. The van der Waals surface area contributed by atoms with Crippen LogP contribution in [-0.4, -0.2) is 22.5 Å². The molecule has 0 bridgehead atoms. The van der Waals surface area contributed by atoms with Gasteiger partial charge in [-0.3, -0.25) is 9.69 Å². The second kappa shape index (κ2) is 9.71. The highest BCUT2D eigenvalue weighted by Gasteiger charge is 2.39. The molecule has 192 valence electrons. The molecule has 0 saturated carbocycles. The molecule has 35 heavy (non-hydrogen) atoms. The number of hydrogen-bond acceptors (Lipinski definition) is 2. The monoisotopic (exact) mass is 513 g/mol. The fraction of sp³-hybridized carbons (Fsp3) is 0.435. The highest BCUT2D eigenvalue weighted by molar-refractivity contribution is 5.67. The van der Waals surface area contributed by atoms with Gasteiger partial charge in [0.15, 0.2) is 0 Å². The first-order chi connectivity index (χ1) is 16.1. The molecule has 1 fully saturated rings. The van der Waals surface area contributed by atoms with Gasteiger partial charge in [0.1, 0.15) is 0 Å². The van der Waals surface area contributed by atoms with E-state index in [9.17, 15) is 44.3 Å². The van der Waals surface area contributed by atoms with E-state index in [0.717, 1.165) is 18.2 Å². The normalized spacial score (nSPS) is 20.1. The first-order valence-corrected chi connectivity index (χ1v) is 10.5. The molecule has 0 radical (unpaired) electrons. The number of piperidine rings is 1. The van der Waals surface area contributed by atoms with Crippen molar-refractivity contribution >= 4 is 5.97 Å². The van der Waals surface area contributed by atoms with Crippen LogP contribution in [0.4, 0.5) is 39.5 Å². The molecule has 1 saturated heterocycles. The minimum Gasteiger partial charge on any atom is -0.481 e. The van der Waals surface area contributed by atoms with E-state index < -0.39 is 65.3 Å². The van der Waals surface area contributed by atoms with Crippen LogP contribution in [0.5, 0.6) is 0 Å². The van der Waals surface area contributed by atoms with Gasteiger partial charge in [0, 0.05) is 19.0 Å². The van der Waals surface area contributed by atoms with Crippen LogP contribution in [0.2, 0.25) is 0 Å². The van der Waals surface area contributed by atoms with Crippen molar-refractivity contribution in [2.75, 3.05) is 6.54 Å². The van der Waals surface area contributed by atoms with E-state index in [4.69, 9.17) is 5.11 Å². The van der Waals surface area contributed by atoms with Crippen LogP contribution in [0.1, 0.15) is 53.1 Å². The maximum absolute atomic E-state index is 13.6. The molecule has 2 aromatic rings. The summed E-state index contributed by atoms with van der Waals surface area (Å²) < 4.78 is 120. The molecule has 2 aromatic carbocycles. The van der Waals surface area contributed by atoms with Gasteiger partial charge in [-0.25, -0.2) is 0 Å². The van der Waals surface area contributed by atoms with Crippen LogP contribution in [0.15, 0.2) is 42.5 Å². The minimum atomic E-state index is -4.95. The Balaban J connectivity index is 2.03. The Morgan fingerprint density at radius 1 is 0.886 bits per heavy atom. The number of alkyl halides is 9. The number of carboxylic acids is 1. The van der Waals surface area contributed by atoms with Crippen LogP contribution in [0.25, 0.3) is 0 Å². The van der Waals surface area contributed by atoms with Crippen LogP contribution in [0.3, 0.4) is 0 Å². The van der Waals surface area contributed by atoms with E-state index in [1.165, 1.54) is 11.0 Å². The van der Waals surface area contributed by atoms with E-state index in [1.54, 1.807) is 0 Å². The van der Waals surface area contributed by atoms with Gasteiger partial charge in [-0.2, -0.15) is 39.5 Å². The average molecular weight is 513 g/mol. The summed E-state index contributed by atoms with van der Waals surface area (Å²) in [4.78, 5) is 12.5. The van der Waals surface area contributed by atoms with Crippen molar-refractivity contribution in [3.05, 3.63) is 70.3 Å². The summed E-state index contributed by atoms with van der Waals surface area (Å²) in [5.41, 5.74) is -4.13. The molecule has 3 rings (SSSR count). The van der Waals surface area contributed by atoms with Crippen molar-refractivity contribution < 1.29 is 49.4 Å². The number of carbonyl (C=O) groups is 1. The van der Waals surface area contributed by atoms with Gasteiger partial charge in [-0.1, -0.05) is 12.1 Å². The summed E-state index contributed by atoms with van der Waals surface area (Å²) in [6, 6.07) is 4.26. The van der Waals surface area contributed by atoms with E-state index in [-0.39, 0.29) is 31.4 Å². The first-order valence-electron chi connectivity index (χ1n) is 10.5. The third-order valence-electron chi connectivity index (χ3n) is 6.00. The van der Waals surface area contributed by atoms with Crippen molar-refractivity contribution in [3.8, 4) is 0 Å². The zero-order chi connectivity index (χ0) is 26.2. The Morgan fingerprint density at radius 3 is 2.09 bits per heavy atom. The number of aliphatic carboxylic acids is 1. The number of carboxylic acid groups (broad SMARTS) is 1. The van der Waals surface area contributed by atoms with E-state index >= 15 is 0 Å². The van der Waals surface area contributed by atoms with Crippen molar-refractivity contribution in [3.63, 3.8) is 0 Å². The van der Waals surface area contributed by atoms with Gasteiger partial charge in [-0.15, -0.1) is 0 Å². The number of likely N-dealkylation sites (tertiary alicyclic amines) is 1. The Kier molecular flexibility index (Phi) is 7.45. The van der Waals surface area contributed by atoms with Crippen molar-refractivity contribution in [2.45, 2.75) is 50.4 Å². The van der Waals surface area contributed by atoms with E-state index in [2.05, 4.69) is 0 Å². The molecule has 3 nitrogen and oxygen atoms in total. The lowest BCUT2D eigenvalue weighted by molar-refractivity contribution is -0.142. The lowest BCUT2D eigenvalue weighted by Crippen LogP contribution is -2.37. The number of hydrogen-bond donors (Lipinski definition) is 1. The molecule has 1 N–H and O–H groups in total. The summed E-state index contributed by atoms with van der Waals surface area (Å²) in [7, 11) is 0. The second-order valence-corrected chi connectivity index (χ2v) is 8.47. The summed E-state index contributed by atoms with van der Waals surface area (Å²) >= 11 is 0. The molecule has 1 aliphatic heterocycles. The Morgan fingerprint density at radius 2 is 1.51 bits per heavy atom. The van der Waals surface area contributed by atoms with Crippen LogP contribution < -0.4 is 0 Å². The zero-order valence-electron chi connectivity index (χ0n) is 17.9. The highest BCUT2D eigenvalue weighted by Crippen LogP contribution is 2.42. The molecule has 0 spiro atoms. The summed E-state index contributed by atoms with van der Waals surface area (Å²) in [5, 5.41) is 9.11. The van der Waals surface area contributed by atoms with Crippen LogP contribution in [0, 0.1) is 5.92 Å². The fourth-order valence-electron chi connectivity index (χ4n) is 4.37. The minimum absolute atomic E-state index is 0.00754. The SMILES string of the molecule is O=C(O)C[C@@H]1CCN(Cc2cc(C(F)(F)F)ccc2C(F)(F)F)[C@H](c2cccc(C(F)(F)F)c2)C1. The smallest absolute Gasteiger partial charge is 0.416 e. The average Bonchev–Trinajstić information content (AvgIpc) is 2.72. The van der Waals surface area contributed by atoms with Gasteiger partial charge in [0.2, 0.25) is 0 Å². The van der Waals surface area contributed by atoms with Gasteiger partial charge in [0.05, 0.1) is 16.7 Å². The molecule has 0 aliphatic carbocycles. The quantitative estimate of drug-likeness (QED) is 0.431. The topological polar surface area (TPSA) is 40.5 Å². The van der Waals surface area contributed by atoms with Gasteiger partial charge < -0.3 is 5.11 Å². The fourth-order valence-corrected chi connectivity index (χ4v) is 4.37. The largest absolute Gasteiger partial charge is 0.481 e. The third kappa shape index (κ3) is 6.68. The molecule has 1 aliphatic rings. The van der Waals surface area contributed by atoms with Gasteiger partial charge in [-0.05, 0) is 66.8 Å². The Hall–Kier alpha value is -2.76. The summed E-state index contributed by atoms with van der Waals surface area (Å²) in [6.07, 6.45) is -14.6. The molecule has 2 atom stereocenters. The maximum Gasteiger partial charge on any atom is 0.416 e. The number of benzene rings is 2. The number of nitrogens with zero attached hydrogens (tertiary/aromatic N) is 1. The molecule has 0 unspecified atom stereocenters. The van der Waals surface area contributed by atoms with Crippen molar-refractivity contribution in [1.82, 2.24) is 4.90 Å². The Labute approximate surface area is 194 Å². The molecule has 0 aromatic heterocycles. The lowest BCUT2D eigenvalue weighted by Gasteiger charge is -2.40. The van der Waals surface area contributed by atoms with Crippen LogP contribution >= 0.6 is 0 Å². The van der Waals surface area contributed by atoms with E-state index in [1.807, 2.05) is 0 Å². The first kappa shape index (κ1) is 26.8. The maximum atomic E-state index is 13.6. The third-order valence-corrected chi connectivity index (χ3v) is 6.00. The van der Waals surface area contributed by atoms with Crippen LogP contribution in [-0.2, 0) is 29.9 Å². The lowest BCUT2D eigenvalue weighted by atomic mass is 9.84. The van der Waals surface area contributed by atoms with Crippen molar-refractivity contribution in [1.29, 1.82) is 0 Å². The summed E-state index contributed by atoms with van der Waals surface area (Å²) in [6.45, 7) is -0.619. The molecular formula is C23H20F9NO2. The van der Waals surface area contributed by atoms with Gasteiger partial charge >= 0.3 is 24.5 Å². The summed E-state index contributed by atoms with van der Waals surface area (Å²) in [5.74, 6) is -1.60. The van der Waals surface area contributed by atoms with Crippen molar-refractivity contribution in [2.24, 2.45) is 5.92 Å². The number of rotatable bonds is 5. The van der Waals surface area contributed by atoms with E-state index in [0.29, 0.717) is 18.2 Å². The number of halogens is 9. The standard InChI is InChI=1S/C23H20F9NO2/c24-21(25,26)16-3-1-2-14(10-16)19-8-13(9-20(34)35)6-7-33(19)12-15-11-17(22(27,28)29)4-5-18(15)23(30,31)32/h1-5,10-11,13,19H,6-9,12H2,(H,34,35)/t13-,19+/m1/s1. The molecule has 12 heteroatoms. The molecular weight excluding hydrogens is 493 g/mol. The molecule has 0 amide bonds. The highest BCUT2D eigenvalue weighted by atomic mass is 19.4. The predicted octanol–water partition coefficient (Wildman–Crippen LogP) is 7.17.